The van der Waals surface area contributed by atoms with Gasteiger partial charge in [-0.2, -0.15) is 4.99 Å². The number of nitrogens with zero attached hydrogens (tertiary/aromatic N) is 5. The van der Waals surface area contributed by atoms with Gasteiger partial charge in [0.1, 0.15) is 6.54 Å². The molecule has 6 nitrogen and oxygen atoms in total. The zero-order chi connectivity index (χ0) is 13.0. The van der Waals surface area contributed by atoms with E-state index in [1.54, 1.807) is 6.20 Å². The summed E-state index contributed by atoms with van der Waals surface area (Å²) in [4.78, 5) is 28.7. The van der Waals surface area contributed by atoms with E-state index in [2.05, 4.69) is 35.8 Å². The maximum Gasteiger partial charge on any atom is 0.267 e. The first-order valence-electron chi connectivity index (χ1n) is 6.11. The summed E-state index contributed by atoms with van der Waals surface area (Å²) in [7, 11) is 0. The number of fused-ring (bicyclic) bond motifs is 3. The zero-order valence-electron chi connectivity index (χ0n) is 10.0. The number of amidine groups is 2. The molecule has 1 aromatic heterocycles. The second-order valence-electron chi connectivity index (χ2n) is 4.69. The Labute approximate surface area is 118 Å². The van der Waals surface area contributed by atoms with Gasteiger partial charge in [-0.25, -0.2) is 9.98 Å². The van der Waals surface area contributed by atoms with E-state index in [0.29, 0.717) is 11.7 Å². The average Bonchev–Trinajstić information content (AvgIpc) is 2.70. The number of hydrogen-bond acceptors (Lipinski definition) is 5. The van der Waals surface area contributed by atoms with E-state index in [0.717, 1.165) is 35.5 Å². The minimum atomic E-state index is -0.129. The van der Waals surface area contributed by atoms with Crippen LogP contribution < -0.4 is 4.90 Å². The van der Waals surface area contributed by atoms with Crippen LogP contribution in [0.15, 0.2) is 26.7 Å². The van der Waals surface area contributed by atoms with Crippen LogP contribution in [0, 0.1) is 0 Å². The van der Waals surface area contributed by atoms with Gasteiger partial charge >= 0.3 is 0 Å². The van der Waals surface area contributed by atoms with Crippen LogP contribution in [0.2, 0.25) is 0 Å². The molecule has 0 aromatic carbocycles. The van der Waals surface area contributed by atoms with E-state index >= 15 is 0 Å². The van der Waals surface area contributed by atoms with Gasteiger partial charge in [-0.05, 0) is 28.4 Å². The number of halogens is 1. The normalized spacial score (nSPS) is 20.6. The third-order valence-electron chi connectivity index (χ3n) is 3.45. The lowest BCUT2D eigenvalue weighted by Crippen LogP contribution is -2.51. The van der Waals surface area contributed by atoms with Gasteiger partial charge in [0.2, 0.25) is 0 Å². The fourth-order valence-electron chi connectivity index (χ4n) is 2.39. The van der Waals surface area contributed by atoms with Gasteiger partial charge in [0.15, 0.2) is 17.5 Å². The lowest BCUT2D eigenvalue weighted by molar-refractivity contribution is -0.115. The van der Waals surface area contributed by atoms with Crippen LogP contribution in [0.25, 0.3) is 0 Å². The molecule has 3 aliphatic heterocycles. The number of amides is 1. The Balaban J connectivity index is 1.89. The van der Waals surface area contributed by atoms with Crippen molar-refractivity contribution in [3.63, 3.8) is 0 Å². The standard InChI is InChI=1S/C12H10BrN5O/c13-7-4-8-10(14-5-7)16-11(17-2-1-3-17)12-15-9(19)6-18(8)12/h4-5H,1-3,6H2. The molecule has 0 aliphatic carbocycles. The van der Waals surface area contributed by atoms with Crippen LogP contribution in [0.5, 0.6) is 0 Å². The maximum absolute atomic E-state index is 11.6. The van der Waals surface area contributed by atoms with E-state index in [1.165, 1.54) is 0 Å². The second kappa shape index (κ2) is 3.86. The molecule has 1 aromatic rings. The first-order chi connectivity index (χ1) is 9.22. The molecule has 7 heteroatoms. The molecule has 0 atom stereocenters. The summed E-state index contributed by atoms with van der Waals surface area (Å²) < 4.78 is 0.868. The van der Waals surface area contributed by atoms with Crippen LogP contribution in [0.1, 0.15) is 6.42 Å². The number of likely N-dealkylation sites (tertiary alicyclic amines) is 1. The highest BCUT2D eigenvalue weighted by molar-refractivity contribution is 9.10. The molecule has 3 aliphatic rings. The molecule has 4 heterocycles. The van der Waals surface area contributed by atoms with Crippen LogP contribution in [0.3, 0.4) is 0 Å². The summed E-state index contributed by atoms with van der Waals surface area (Å²) in [5.41, 5.74) is 0.836. The van der Waals surface area contributed by atoms with Crippen molar-refractivity contribution >= 4 is 45.0 Å². The van der Waals surface area contributed by atoms with Gasteiger partial charge in [0.05, 0.1) is 5.69 Å². The van der Waals surface area contributed by atoms with Crippen molar-refractivity contribution in [3.05, 3.63) is 16.7 Å². The highest BCUT2D eigenvalue weighted by Crippen LogP contribution is 2.35. The molecular weight excluding hydrogens is 310 g/mol. The van der Waals surface area contributed by atoms with E-state index < -0.39 is 0 Å². The number of carbonyl (C=O) groups excluding carboxylic acids is 1. The Morgan fingerprint density at radius 3 is 2.79 bits per heavy atom. The first-order valence-corrected chi connectivity index (χ1v) is 6.90. The van der Waals surface area contributed by atoms with Crippen LogP contribution in [0.4, 0.5) is 11.5 Å². The minimum absolute atomic E-state index is 0.129. The summed E-state index contributed by atoms with van der Waals surface area (Å²) in [6.07, 6.45) is 2.87. The molecule has 1 amide bonds. The summed E-state index contributed by atoms with van der Waals surface area (Å²) >= 11 is 3.40. The topological polar surface area (TPSA) is 61.2 Å². The maximum atomic E-state index is 11.6. The summed E-state index contributed by atoms with van der Waals surface area (Å²) in [6.45, 7) is 2.20. The Bertz CT molecular complexity index is 650. The van der Waals surface area contributed by atoms with Crippen molar-refractivity contribution in [3.8, 4) is 0 Å². The largest absolute Gasteiger partial charge is 0.353 e. The van der Waals surface area contributed by atoms with E-state index in [4.69, 9.17) is 0 Å². The lowest BCUT2D eigenvalue weighted by Gasteiger charge is -2.37. The van der Waals surface area contributed by atoms with E-state index in [1.807, 2.05) is 11.0 Å². The van der Waals surface area contributed by atoms with Crippen molar-refractivity contribution in [2.45, 2.75) is 6.42 Å². The minimum Gasteiger partial charge on any atom is -0.353 e. The van der Waals surface area contributed by atoms with Gasteiger partial charge in [0, 0.05) is 23.8 Å². The van der Waals surface area contributed by atoms with Crippen LogP contribution in [-0.4, -0.2) is 47.1 Å². The van der Waals surface area contributed by atoms with Crippen LogP contribution in [-0.2, 0) is 4.79 Å². The summed E-state index contributed by atoms with van der Waals surface area (Å²) in [5.74, 6) is 1.96. The monoisotopic (exact) mass is 319 g/mol. The molecule has 0 spiro atoms. The number of pyridine rings is 1. The third kappa shape index (κ3) is 1.61. The molecule has 0 bridgehead atoms. The highest BCUT2D eigenvalue weighted by Gasteiger charge is 2.37. The molecule has 96 valence electrons. The SMILES string of the molecule is O=C1CN2C(=N1)C(N1CCC1)=Nc1ncc(Br)cc12. The molecular formula is C12H10BrN5O. The predicted molar refractivity (Wildman–Crippen MR) is 75.0 cm³/mol. The molecule has 19 heavy (non-hydrogen) atoms. The highest BCUT2D eigenvalue weighted by atomic mass is 79.9. The first kappa shape index (κ1) is 11.1. The number of anilines is 1. The van der Waals surface area contributed by atoms with Crippen molar-refractivity contribution in [1.29, 1.82) is 0 Å². The van der Waals surface area contributed by atoms with Crippen molar-refractivity contribution in [2.75, 3.05) is 24.5 Å². The fourth-order valence-corrected chi connectivity index (χ4v) is 2.71. The number of rotatable bonds is 0. The Hall–Kier alpha value is -1.76. The second-order valence-corrected chi connectivity index (χ2v) is 5.60. The van der Waals surface area contributed by atoms with Gasteiger partial charge in [0.25, 0.3) is 5.91 Å². The summed E-state index contributed by atoms with van der Waals surface area (Å²) in [6, 6.07) is 1.92. The number of carbonyl (C=O) groups is 1. The van der Waals surface area contributed by atoms with Gasteiger partial charge < -0.3 is 9.80 Å². The predicted octanol–water partition coefficient (Wildman–Crippen LogP) is 1.34. The number of hydrogen-bond donors (Lipinski definition) is 0. The van der Waals surface area contributed by atoms with E-state index in [9.17, 15) is 4.79 Å². The molecule has 0 saturated carbocycles. The molecule has 1 fully saturated rings. The molecule has 1 saturated heterocycles. The van der Waals surface area contributed by atoms with Gasteiger partial charge in [-0.1, -0.05) is 0 Å². The summed E-state index contributed by atoms with van der Waals surface area (Å²) in [5, 5.41) is 0. The Morgan fingerprint density at radius 1 is 1.21 bits per heavy atom. The van der Waals surface area contributed by atoms with E-state index in [-0.39, 0.29) is 12.5 Å². The van der Waals surface area contributed by atoms with Gasteiger partial charge in [-0.15, -0.1) is 0 Å². The van der Waals surface area contributed by atoms with Crippen LogP contribution >= 0.6 is 15.9 Å². The number of aliphatic imine (C=N–C) groups is 2. The van der Waals surface area contributed by atoms with Crippen molar-refractivity contribution in [1.82, 2.24) is 9.88 Å². The quantitative estimate of drug-likeness (QED) is 0.724. The Kier molecular flexibility index (Phi) is 2.26. The third-order valence-corrected chi connectivity index (χ3v) is 3.89. The fraction of sp³-hybridized carbons (Fsp3) is 0.333. The molecule has 0 N–H and O–H groups in total. The molecule has 0 unspecified atom stereocenters. The average molecular weight is 320 g/mol. The lowest BCUT2D eigenvalue weighted by atomic mass is 10.2. The van der Waals surface area contributed by atoms with Crippen molar-refractivity contribution < 1.29 is 4.79 Å². The smallest absolute Gasteiger partial charge is 0.267 e. The van der Waals surface area contributed by atoms with Gasteiger partial charge in [-0.3, -0.25) is 4.79 Å². The Morgan fingerprint density at radius 2 is 2.05 bits per heavy atom. The molecule has 4 rings (SSSR count). The number of aromatic nitrogens is 1. The van der Waals surface area contributed by atoms with Crippen molar-refractivity contribution in [2.24, 2.45) is 9.98 Å². The molecule has 0 radical (unpaired) electrons. The zero-order valence-corrected chi connectivity index (χ0v) is 11.6.